The summed E-state index contributed by atoms with van der Waals surface area (Å²) in [6.45, 7) is 5.90. The van der Waals surface area contributed by atoms with E-state index < -0.39 is 5.41 Å². The van der Waals surface area contributed by atoms with Gasteiger partial charge in [0.05, 0.1) is 39.9 Å². The number of benzene rings is 2. The van der Waals surface area contributed by atoms with Gasteiger partial charge in [0.15, 0.2) is 23.0 Å². The molecule has 1 atom stereocenters. The third-order valence-corrected chi connectivity index (χ3v) is 6.05. The molecule has 0 spiro atoms. The van der Waals surface area contributed by atoms with E-state index in [1.165, 1.54) is 5.56 Å². The van der Waals surface area contributed by atoms with E-state index in [4.69, 9.17) is 18.9 Å². The van der Waals surface area contributed by atoms with Crippen LogP contribution >= 0.6 is 12.4 Å². The number of nitrogens with one attached hydrogen (secondary N) is 1. The second-order valence-corrected chi connectivity index (χ2v) is 8.10. The number of nitrogens with zero attached hydrogens (tertiary/aromatic N) is 1. The summed E-state index contributed by atoms with van der Waals surface area (Å²) < 4.78 is 21.5. The molecule has 0 aromatic heterocycles. The Balaban J connectivity index is 0.00000544. The van der Waals surface area contributed by atoms with Crippen molar-refractivity contribution in [3.63, 3.8) is 0 Å². The van der Waals surface area contributed by atoms with Gasteiger partial charge in [-0.25, -0.2) is 0 Å². The summed E-state index contributed by atoms with van der Waals surface area (Å²) in [5, 5.41) is 13.7. The van der Waals surface area contributed by atoms with E-state index in [1.807, 2.05) is 30.3 Å². The van der Waals surface area contributed by atoms with Gasteiger partial charge in [-0.3, -0.25) is 0 Å². The molecule has 6 nitrogen and oxygen atoms in total. The van der Waals surface area contributed by atoms with Crippen molar-refractivity contribution in [3.8, 4) is 29.1 Å². The summed E-state index contributed by atoms with van der Waals surface area (Å²) in [7, 11) is 6.52. The lowest BCUT2D eigenvalue weighted by Gasteiger charge is -2.32. The third-order valence-electron chi connectivity index (χ3n) is 6.05. The second-order valence-electron chi connectivity index (χ2n) is 8.10. The van der Waals surface area contributed by atoms with E-state index in [0.717, 1.165) is 49.4 Å². The fourth-order valence-corrected chi connectivity index (χ4v) is 4.02. The molecule has 0 radical (unpaired) electrons. The van der Waals surface area contributed by atoms with Crippen LogP contribution in [0.15, 0.2) is 36.4 Å². The van der Waals surface area contributed by atoms with E-state index in [-0.39, 0.29) is 18.3 Å². The molecule has 0 heterocycles. The summed E-state index contributed by atoms with van der Waals surface area (Å²) >= 11 is 0. The highest BCUT2D eigenvalue weighted by atomic mass is 35.5. The van der Waals surface area contributed by atoms with Crippen LogP contribution < -0.4 is 24.3 Å². The minimum Gasteiger partial charge on any atom is -0.493 e. The molecule has 0 aliphatic heterocycles. The number of rotatable bonds is 13. The zero-order valence-electron chi connectivity index (χ0n) is 20.6. The quantitative estimate of drug-likeness (QED) is 0.402. The van der Waals surface area contributed by atoms with Crippen LogP contribution in [-0.2, 0) is 11.8 Å². The summed E-state index contributed by atoms with van der Waals surface area (Å²) in [5.74, 6) is 2.97. The SMILES string of the molecule is COc1ccc(CCNCCC[C@@](C#N)(c2ccc(OC)c(OC)c2)C(C)C)cc1OC.Cl. The Labute approximate surface area is 204 Å². The van der Waals surface area contributed by atoms with Crippen molar-refractivity contribution in [2.45, 2.75) is 38.5 Å². The van der Waals surface area contributed by atoms with Gasteiger partial charge in [-0.05, 0) is 73.7 Å². The maximum atomic E-state index is 10.2. The van der Waals surface area contributed by atoms with Crippen LogP contribution in [0.3, 0.4) is 0 Å². The van der Waals surface area contributed by atoms with Crippen LogP contribution in [0, 0.1) is 17.2 Å². The summed E-state index contributed by atoms with van der Waals surface area (Å²) in [5.41, 5.74) is 1.58. The molecule has 1 N–H and O–H groups in total. The minimum atomic E-state index is -0.579. The van der Waals surface area contributed by atoms with E-state index >= 15 is 0 Å². The molecule has 182 valence electrons. The maximum absolute atomic E-state index is 10.2. The highest BCUT2D eigenvalue weighted by Crippen LogP contribution is 2.40. The highest BCUT2D eigenvalue weighted by Gasteiger charge is 2.36. The largest absolute Gasteiger partial charge is 0.493 e. The minimum absolute atomic E-state index is 0. The average Bonchev–Trinajstić information content (AvgIpc) is 2.82. The Hall–Kier alpha value is -2.62. The van der Waals surface area contributed by atoms with Gasteiger partial charge in [0.2, 0.25) is 0 Å². The number of hydrogen-bond acceptors (Lipinski definition) is 6. The number of methoxy groups -OCH3 is 4. The smallest absolute Gasteiger partial charge is 0.161 e. The lowest BCUT2D eigenvalue weighted by Crippen LogP contribution is -2.32. The van der Waals surface area contributed by atoms with Crippen molar-refractivity contribution >= 4 is 12.4 Å². The van der Waals surface area contributed by atoms with Gasteiger partial charge in [-0.15, -0.1) is 12.4 Å². The van der Waals surface area contributed by atoms with Crippen LogP contribution in [0.2, 0.25) is 0 Å². The molecule has 7 heteroatoms. The standard InChI is InChI=1S/C26H36N2O4.ClH/c1-19(2)26(18-27,21-9-11-23(30-4)25(17-21)32-6)13-7-14-28-15-12-20-8-10-22(29-3)24(16-20)31-5;/h8-11,16-17,19,28H,7,12-15H2,1-6H3;1H/t26-;/m0./s1. The predicted molar refractivity (Wildman–Crippen MR) is 134 cm³/mol. The Kier molecular flexibility index (Phi) is 11.9. The van der Waals surface area contributed by atoms with Crippen LogP contribution in [0.1, 0.15) is 37.8 Å². The zero-order chi connectivity index (χ0) is 23.6. The van der Waals surface area contributed by atoms with E-state index in [0.29, 0.717) is 11.5 Å². The lowest BCUT2D eigenvalue weighted by atomic mass is 9.70. The molecule has 2 rings (SSSR count). The fourth-order valence-electron chi connectivity index (χ4n) is 4.02. The number of hydrogen-bond donors (Lipinski definition) is 1. The number of nitriles is 1. The molecular formula is C26H37ClN2O4. The van der Waals surface area contributed by atoms with Crippen LogP contribution in [0.4, 0.5) is 0 Å². The Morgan fingerprint density at radius 1 is 0.848 bits per heavy atom. The number of halogens is 1. The van der Waals surface area contributed by atoms with Crippen LogP contribution in [0.5, 0.6) is 23.0 Å². The average molecular weight is 477 g/mol. The summed E-state index contributed by atoms with van der Waals surface area (Å²) in [4.78, 5) is 0. The third kappa shape index (κ3) is 6.93. The number of ether oxygens (including phenoxy) is 4. The van der Waals surface area contributed by atoms with Crippen molar-refractivity contribution in [2.24, 2.45) is 5.92 Å². The lowest BCUT2D eigenvalue weighted by molar-refractivity contribution is 0.341. The van der Waals surface area contributed by atoms with Crippen molar-refractivity contribution in [1.82, 2.24) is 5.32 Å². The van der Waals surface area contributed by atoms with Gasteiger partial charge in [0.1, 0.15) is 0 Å². The first-order valence-corrected chi connectivity index (χ1v) is 11.0. The predicted octanol–water partition coefficient (Wildman–Crippen LogP) is 5.17. The van der Waals surface area contributed by atoms with Crippen molar-refractivity contribution < 1.29 is 18.9 Å². The molecule has 0 aliphatic carbocycles. The first-order chi connectivity index (χ1) is 15.4. The normalized spacial score (nSPS) is 12.3. The molecule has 0 aliphatic rings. The topological polar surface area (TPSA) is 72.7 Å². The Morgan fingerprint density at radius 3 is 1.97 bits per heavy atom. The molecule has 33 heavy (non-hydrogen) atoms. The van der Waals surface area contributed by atoms with Crippen molar-refractivity contribution in [3.05, 3.63) is 47.5 Å². The van der Waals surface area contributed by atoms with Gasteiger partial charge in [-0.2, -0.15) is 5.26 Å². The van der Waals surface area contributed by atoms with E-state index in [2.05, 4.69) is 31.3 Å². The van der Waals surface area contributed by atoms with Crippen molar-refractivity contribution in [1.29, 1.82) is 5.26 Å². The first-order valence-electron chi connectivity index (χ1n) is 11.0. The fraction of sp³-hybridized carbons (Fsp3) is 0.500. The molecule has 2 aromatic rings. The van der Waals surface area contributed by atoms with E-state index in [1.54, 1.807) is 28.4 Å². The zero-order valence-corrected chi connectivity index (χ0v) is 21.4. The Bertz CT molecular complexity index is 914. The molecule has 0 saturated heterocycles. The molecule has 0 amide bonds. The van der Waals surface area contributed by atoms with Crippen LogP contribution in [0.25, 0.3) is 0 Å². The van der Waals surface area contributed by atoms with Gasteiger partial charge in [-0.1, -0.05) is 26.0 Å². The van der Waals surface area contributed by atoms with Gasteiger partial charge < -0.3 is 24.3 Å². The van der Waals surface area contributed by atoms with Gasteiger partial charge >= 0.3 is 0 Å². The Morgan fingerprint density at radius 2 is 1.42 bits per heavy atom. The monoisotopic (exact) mass is 476 g/mol. The molecule has 0 saturated carbocycles. The molecule has 0 fully saturated rings. The first kappa shape index (κ1) is 28.4. The van der Waals surface area contributed by atoms with Gasteiger partial charge in [0.25, 0.3) is 0 Å². The molecule has 2 aromatic carbocycles. The van der Waals surface area contributed by atoms with Crippen LogP contribution in [-0.4, -0.2) is 41.5 Å². The van der Waals surface area contributed by atoms with E-state index in [9.17, 15) is 5.26 Å². The summed E-state index contributed by atoms with van der Waals surface area (Å²) in [6.07, 6.45) is 2.55. The maximum Gasteiger partial charge on any atom is 0.161 e. The highest BCUT2D eigenvalue weighted by molar-refractivity contribution is 5.85. The van der Waals surface area contributed by atoms with Gasteiger partial charge in [0, 0.05) is 0 Å². The van der Waals surface area contributed by atoms with Crippen molar-refractivity contribution in [2.75, 3.05) is 41.5 Å². The molecule has 0 bridgehead atoms. The molecule has 0 unspecified atom stereocenters. The second kappa shape index (κ2) is 13.8. The summed E-state index contributed by atoms with van der Waals surface area (Å²) in [6, 6.07) is 14.4. The molecular weight excluding hydrogens is 440 g/mol.